The largest absolute Gasteiger partial charge is 0.480 e. The van der Waals surface area contributed by atoms with Crippen LogP contribution in [0.3, 0.4) is 0 Å². The molecule has 4 aliphatic rings. The molecule has 1 atom stereocenters. The van der Waals surface area contributed by atoms with Gasteiger partial charge in [0.25, 0.3) is 0 Å². The zero-order valence-corrected chi connectivity index (χ0v) is 20.9. The van der Waals surface area contributed by atoms with Crippen molar-refractivity contribution in [2.45, 2.75) is 76.5 Å². The smallest absolute Gasteiger partial charge is 0.409 e. The minimum Gasteiger partial charge on any atom is -0.480 e. The van der Waals surface area contributed by atoms with E-state index in [0.717, 1.165) is 54.1 Å². The minimum atomic E-state index is -0.547. The lowest BCUT2D eigenvalue weighted by atomic mass is 9.80. The van der Waals surface area contributed by atoms with E-state index in [1.165, 1.54) is 5.06 Å². The van der Waals surface area contributed by atoms with E-state index in [9.17, 15) is 10.0 Å². The highest BCUT2D eigenvalue weighted by Crippen LogP contribution is 2.50. The van der Waals surface area contributed by atoms with Crippen molar-refractivity contribution in [2.24, 2.45) is 5.92 Å². The van der Waals surface area contributed by atoms with Gasteiger partial charge in [-0.2, -0.15) is 10.2 Å². The molecule has 5 heterocycles. The zero-order chi connectivity index (χ0) is 24.4. The summed E-state index contributed by atoms with van der Waals surface area (Å²) in [6.45, 7) is 8.57. The van der Waals surface area contributed by atoms with E-state index in [2.05, 4.69) is 30.4 Å². The Kier molecular flexibility index (Phi) is 5.34. The molecule has 1 spiro atoms. The first-order valence-corrected chi connectivity index (χ1v) is 12.9. The molecule has 1 N–H and O–H groups in total. The lowest BCUT2D eigenvalue weighted by Gasteiger charge is -2.44. The molecule has 9 heteroatoms. The van der Waals surface area contributed by atoms with Crippen LogP contribution in [0.2, 0.25) is 0 Å². The molecule has 0 aromatic carbocycles. The standard InChI is InChI=1S/C26H35N5O4/c1-17-21-23(28-31(17)19-8-12-30(33)25(2,3)15-19)22-20(5-4-11-27-22)35-26(21)9-13-29(14-10-26)24(32)34-16-18-6-7-18/h4-5,11,18-19,33H,6-10,12-16H2,1-3H3. The van der Waals surface area contributed by atoms with Crippen molar-refractivity contribution in [2.75, 3.05) is 26.2 Å². The van der Waals surface area contributed by atoms with Crippen LogP contribution in [0.25, 0.3) is 11.4 Å². The number of amides is 1. The fourth-order valence-electron chi connectivity index (χ4n) is 6.03. The number of likely N-dealkylation sites (tertiary alicyclic amines) is 1. The number of pyridine rings is 1. The SMILES string of the molecule is Cc1c2c(nn1C1CCN(O)C(C)(C)C1)-c1ncccc1OC21CCN(C(=O)OCC2CC2)CC1. The fraction of sp³-hybridized carbons (Fsp3) is 0.654. The molecule has 1 amide bonds. The van der Waals surface area contributed by atoms with E-state index in [1.54, 1.807) is 6.20 Å². The molecule has 0 radical (unpaired) electrons. The molecule has 1 unspecified atom stereocenters. The maximum atomic E-state index is 12.6. The Balaban J connectivity index is 1.32. The van der Waals surface area contributed by atoms with E-state index in [1.807, 2.05) is 17.0 Å². The van der Waals surface area contributed by atoms with Crippen LogP contribution in [-0.2, 0) is 10.3 Å². The molecular weight excluding hydrogens is 446 g/mol. The predicted octanol–water partition coefficient (Wildman–Crippen LogP) is 4.29. The van der Waals surface area contributed by atoms with Gasteiger partial charge in [-0.1, -0.05) is 0 Å². The third-order valence-electron chi connectivity index (χ3n) is 8.33. The molecule has 0 bridgehead atoms. The van der Waals surface area contributed by atoms with Crippen LogP contribution in [0.15, 0.2) is 18.3 Å². The quantitative estimate of drug-likeness (QED) is 0.699. The number of aromatic nitrogens is 3. The van der Waals surface area contributed by atoms with Crippen LogP contribution < -0.4 is 4.74 Å². The first-order chi connectivity index (χ1) is 16.8. The number of carbonyl (C=O) groups is 1. The second-order valence-corrected chi connectivity index (χ2v) is 11.3. The third kappa shape index (κ3) is 3.89. The fourth-order valence-corrected chi connectivity index (χ4v) is 6.03. The summed E-state index contributed by atoms with van der Waals surface area (Å²) in [5, 5.41) is 16.9. The zero-order valence-electron chi connectivity index (χ0n) is 20.9. The van der Waals surface area contributed by atoms with E-state index < -0.39 is 5.60 Å². The predicted molar refractivity (Wildman–Crippen MR) is 128 cm³/mol. The lowest BCUT2D eigenvalue weighted by Crippen LogP contribution is -2.49. The van der Waals surface area contributed by atoms with E-state index >= 15 is 0 Å². The summed E-state index contributed by atoms with van der Waals surface area (Å²) in [4.78, 5) is 19.1. The summed E-state index contributed by atoms with van der Waals surface area (Å²) in [5.41, 5.74) is 2.98. The monoisotopic (exact) mass is 481 g/mol. The van der Waals surface area contributed by atoms with E-state index in [4.69, 9.17) is 14.6 Å². The molecule has 35 heavy (non-hydrogen) atoms. The molecule has 2 aromatic heterocycles. The highest BCUT2D eigenvalue weighted by atomic mass is 16.6. The van der Waals surface area contributed by atoms with Crippen molar-refractivity contribution in [3.05, 3.63) is 29.6 Å². The number of ether oxygens (including phenoxy) is 2. The van der Waals surface area contributed by atoms with Crippen molar-refractivity contribution < 1.29 is 19.5 Å². The third-order valence-corrected chi connectivity index (χ3v) is 8.33. The summed E-state index contributed by atoms with van der Waals surface area (Å²) >= 11 is 0. The molecule has 9 nitrogen and oxygen atoms in total. The molecule has 1 aliphatic carbocycles. The highest BCUT2D eigenvalue weighted by Gasteiger charge is 2.49. The highest BCUT2D eigenvalue weighted by molar-refractivity contribution is 5.71. The molecule has 188 valence electrons. The van der Waals surface area contributed by atoms with Crippen molar-refractivity contribution in [1.82, 2.24) is 24.7 Å². The average molecular weight is 482 g/mol. The van der Waals surface area contributed by atoms with Gasteiger partial charge < -0.3 is 19.6 Å². The van der Waals surface area contributed by atoms with Gasteiger partial charge in [0.1, 0.15) is 22.7 Å². The molecule has 2 saturated heterocycles. The van der Waals surface area contributed by atoms with E-state index in [0.29, 0.717) is 45.0 Å². The van der Waals surface area contributed by atoms with Crippen LogP contribution in [-0.4, -0.2) is 67.8 Å². The molecule has 1 saturated carbocycles. The number of nitrogens with zero attached hydrogens (tertiary/aromatic N) is 5. The summed E-state index contributed by atoms with van der Waals surface area (Å²) < 4.78 is 14.4. The van der Waals surface area contributed by atoms with Gasteiger partial charge in [-0.15, -0.1) is 0 Å². The summed E-state index contributed by atoms with van der Waals surface area (Å²) in [5.74, 6) is 1.31. The van der Waals surface area contributed by atoms with Gasteiger partial charge >= 0.3 is 6.09 Å². The Hall–Kier alpha value is -2.65. The number of rotatable bonds is 3. The van der Waals surface area contributed by atoms with Crippen LogP contribution in [0, 0.1) is 12.8 Å². The first-order valence-electron chi connectivity index (χ1n) is 12.9. The van der Waals surface area contributed by atoms with Gasteiger partial charge in [0.15, 0.2) is 0 Å². The maximum Gasteiger partial charge on any atom is 0.409 e. The van der Waals surface area contributed by atoms with Crippen LogP contribution >= 0.6 is 0 Å². The maximum absolute atomic E-state index is 12.6. The number of hydrogen-bond donors (Lipinski definition) is 1. The molecule has 2 aromatic rings. The molecule has 6 rings (SSSR count). The number of hydroxylamine groups is 2. The van der Waals surface area contributed by atoms with Crippen molar-refractivity contribution in [3.8, 4) is 17.1 Å². The van der Waals surface area contributed by atoms with Gasteiger partial charge in [-0.05, 0) is 64.5 Å². The topological polar surface area (TPSA) is 93.0 Å². The first kappa shape index (κ1) is 22.8. The number of piperidine rings is 2. The summed E-state index contributed by atoms with van der Waals surface area (Å²) in [7, 11) is 0. The normalized spacial score (nSPS) is 25.0. The second-order valence-electron chi connectivity index (χ2n) is 11.3. The number of hydrogen-bond acceptors (Lipinski definition) is 7. The average Bonchev–Trinajstić information content (AvgIpc) is 3.60. The van der Waals surface area contributed by atoms with Gasteiger partial charge in [-0.25, -0.2) is 4.79 Å². The van der Waals surface area contributed by atoms with Gasteiger partial charge in [0, 0.05) is 55.5 Å². The Labute approximate surface area is 206 Å². The summed E-state index contributed by atoms with van der Waals surface area (Å²) in [6.07, 6.45) is 6.88. The molecule has 3 aliphatic heterocycles. The van der Waals surface area contributed by atoms with Crippen LogP contribution in [0.5, 0.6) is 5.75 Å². The Bertz CT molecular complexity index is 1130. The van der Waals surface area contributed by atoms with E-state index in [-0.39, 0.29) is 17.7 Å². The van der Waals surface area contributed by atoms with Crippen LogP contribution in [0.1, 0.15) is 69.7 Å². The molecular formula is C26H35N5O4. The lowest BCUT2D eigenvalue weighted by molar-refractivity contribution is -0.185. The summed E-state index contributed by atoms with van der Waals surface area (Å²) in [6, 6.07) is 4.04. The Morgan fingerprint density at radius 2 is 1.97 bits per heavy atom. The van der Waals surface area contributed by atoms with Gasteiger partial charge in [0.05, 0.1) is 12.6 Å². The van der Waals surface area contributed by atoms with Crippen molar-refractivity contribution in [3.63, 3.8) is 0 Å². The van der Waals surface area contributed by atoms with Gasteiger partial charge in [0.2, 0.25) is 0 Å². The second kappa shape index (κ2) is 8.20. The minimum absolute atomic E-state index is 0.181. The van der Waals surface area contributed by atoms with Crippen molar-refractivity contribution >= 4 is 6.09 Å². The van der Waals surface area contributed by atoms with Crippen molar-refractivity contribution in [1.29, 1.82) is 0 Å². The van der Waals surface area contributed by atoms with Crippen LogP contribution in [0.4, 0.5) is 4.79 Å². The molecule has 3 fully saturated rings. The van der Waals surface area contributed by atoms with Gasteiger partial charge in [-0.3, -0.25) is 9.67 Å². The number of carbonyl (C=O) groups excluding carboxylic acids is 1. The Morgan fingerprint density at radius 3 is 2.69 bits per heavy atom. The Morgan fingerprint density at radius 1 is 1.20 bits per heavy atom. The number of fused-ring (bicyclic) bond motifs is 4.